The fraction of sp³-hybridized carbons (Fsp3) is 0.250. The molecule has 18 heavy (non-hydrogen) atoms. The molecule has 1 aliphatic rings. The predicted molar refractivity (Wildman–Crippen MR) is 65.3 cm³/mol. The standard InChI is InChI=1S/C12H12N2O4/c15-12(16)13-6-4-9(5-7-13)10-2-1-3-11(8-10)14(17)18/h1-4,8H,5-7H2,(H,15,16). The first kappa shape index (κ1) is 12.1. The van der Waals surface area contributed by atoms with Crippen LogP contribution in [0.1, 0.15) is 12.0 Å². The van der Waals surface area contributed by atoms with Crippen molar-refractivity contribution in [1.29, 1.82) is 0 Å². The van der Waals surface area contributed by atoms with Gasteiger partial charge >= 0.3 is 6.09 Å². The summed E-state index contributed by atoms with van der Waals surface area (Å²) in [6.07, 6.45) is 1.44. The Hall–Kier alpha value is -2.37. The van der Waals surface area contributed by atoms with Crippen molar-refractivity contribution in [3.05, 3.63) is 46.0 Å². The van der Waals surface area contributed by atoms with Gasteiger partial charge in [-0.25, -0.2) is 4.79 Å². The van der Waals surface area contributed by atoms with E-state index in [1.165, 1.54) is 17.0 Å². The molecule has 1 aliphatic heterocycles. The van der Waals surface area contributed by atoms with Gasteiger partial charge in [-0.3, -0.25) is 10.1 Å². The summed E-state index contributed by atoms with van der Waals surface area (Å²) in [4.78, 5) is 22.3. The Morgan fingerprint density at radius 3 is 2.78 bits per heavy atom. The molecule has 0 saturated heterocycles. The van der Waals surface area contributed by atoms with Crippen molar-refractivity contribution in [3.8, 4) is 0 Å². The molecule has 0 unspecified atom stereocenters. The highest BCUT2D eigenvalue weighted by Crippen LogP contribution is 2.25. The first-order valence-corrected chi connectivity index (χ1v) is 5.49. The first-order chi connectivity index (χ1) is 8.58. The Morgan fingerprint density at radius 1 is 1.44 bits per heavy atom. The van der Waals surface area contributed by atoms with Crippen molar-refractivity contribution in [2.75, 3.05) is 13.1 Å². The van der Waals surface area contributed by atoms with Gasteiger partial charge in [0.1, 0.15) is 0 Å². The molecule has 0 saturated carbocycles. The Kier molecular flexibility index (Phi) is 3.27. The van der Waals surface area contributed by atoms with Gasteiger partial charge in [0.15, 0.2) is 0 Å². The molecule has 1 heterocycles. The smallest absolute Gasteiger partial charge is 0.407 e. The van der Waals surface area contributed by atoms with E-state index in [2.05, 4.69) is 0 Å². The summed E-state index contributed by atoms with van der Waals surface area (Å²) in [5.41, 5.74) is 1.79. The lowest BCUT2D eigenvalue weighted by Gasteiger charge is -2.23. The van der Waals surface area contributed by atoms with E-state index in [0.717, 1.165) is 11.1 Å². The predicted octanol–water partition coefficient (Wildman–Crippen LogP) is 2.36. The number of carboxylic acid groups (broad SMARTS) is 1. The molecule has 0 spiro atoms. The monoisotopic (exact) mass is 248 g/mol. The van der Waals surface area contributed by atoms with Crippen molar-refractivity contribution in [2.45, 2.75) is 6.42 Å². The zero-order chi connectivity index (χ0) is 13.1. The molecule has 2 rings (SSSR count). The van der Waals surface area contributed by atoms with Gasteiger partial charge in [-0.2, -0.15) is 0 Å². The van der Waals surface area contributed by atoms with Crippen LogP contribution in [-0.2, 0) is 0 Å². The lowest BCUT2D eigenvalue weighted by molar-refractivity contribution is -0.384. The maximum absolute atomic E-state index is 10.7. The van der Waals surface area contributed by atoms with Crippen molar-refractivity contribution < 1.29 is 14.8 Å². The third-order valence-corrected chi connectivity index (χ3v) is 2.91. The average Bonchev–Trinajstić information content (AvgIpc) is 2.39. The quantitative estimate of drug-likeness (QED) is 0.643. The summed E-state index contributed by atoms with van der Waals surface area (Å²) in [5, 5.41) is 19.5. The van der Waals surface area contributed by atoms with Gasteiger partial charge in [0.25, 0.3) is 5.69 Å². The third kappa shape index (κ3) is 2.48. The van der Waals surface area contributed by atoms with Gasteiger partial charge in [0, 0.05) is 25.2 Å². The molecule has 0 fully saturated rings. The van der Waals surface area contributed by atoms with Gasteiger partial charge in [0.2, 0.25) is 0 Å². The highest BCUT2D eigenvalue weighted by atomic mass is 16.6. The Morgan fingerprint density at radius 2 is 2.22 bits per heavy atom. The fourth-order valence-electron chi connectivity index (χ4n) is 1.92. The van der Waals surface area contributed by atoms with E-state index in [4.69, 9.17) is 5.11 Å². The Balaban J connectivity index is 2.20. The highest BCUT2D eigenvalue weighted by Gasteiger charge is 2.17. The van der Waals surface area contributed by atoms with Crippen LogP contribution in [0.4, 0.5) is 10.5 Å². The van der Waals surface area contributed by atoms with Crippen LogP contribution in [0.5, 0.6) is 0 Å². The number of nitro benzene ring substituents is 1. The van der Waals surface area contributed by atoms with Crippen LogP contribution in [0.25, 0.3) is 5.57 Å². The minimum atomic E-state index is -0.940. The van der Waals surface area contributed by atoms with Gasteiger partial charge < -0.3 is 10.0 Å². The zero-order valence-corrected chi connectivity index (χ0v) is 9.57. The van der Waals surface area contributed by atoms with Crippen LogP contribution in [0.15, 0.2) is 30.3 Å². The fourth-order valence-corrected chi connectivity index (χ4v) is 1.92. The second kappa shape index (κ2) is 4.87. The summed E-state index contributed by atoms with van der Waals surface area (Å²) in [6, 6.07) is 6.39. The second-order valence-electron chi connectivity index (χ2n) is 4.02. The largest absolute Gasteiger partial charge is 0.465 e. The first-order valence-electron chi connectivity index (χ1n) is 5.49. The lowest BCUT2D eigenvalue weighted by Crippen LogP contribution is -2.33. The number of nitro groups is 1. The number of benzene rings is 1. The molecule has 6 nitrogen and oxygen atoms in total. The van der Waals surface area contributed by atoms with Crippen LogP contribution in [-0.4, -0.2) is 34.1 Å². The lowest BCUT2D eigenvalue weighted by atomic mass is 9.99. The van der Waals surface area contributed by atoms with Crippen molar-refractivity contribution >= 4 is 17.4 Å². The molecule has 0 aliphatic carbocycles. The van der Waals surface area contributed by atoms with Crippen LogP contribution in [0, 0.1) is 10.1 Å². The summed E-state index contributed by atoms with van der Waals surface area (Å²) < 4.78 is 0. The van der Waals surface area contributed by atoms with Crippen molar-refractivity contribution in [3.63, 3.8) is 0 Å². The second-order valence-corrected chi connectivity index (χ2v) is 4.02. The zero-order valence-electron chi connectivity index (χ0n) is 9.57. The van der Waals surface area contributed by atoms with E-state index in [1.54, 1.807) is 18.2 Å². The number of rotatable bonds is 2. The summed E-state index contributed by atoms with van der Waals surface area (Å²) in [6.45, 7) is 0.747. The van der Waals surface area contributed by atoms with E-state index < -0.39 is 11.0 Å². The Bertz CT molecular complexity index is 525. The third-order valence-electron chi connectivity index (χ3n) is 2.91. The minimum Gasteiger partial charge on any atom is -0.465 e. The number of nitrogens with zero attached hydrogens (tertiary/aromatic N) is 2. The number of amides is 1. The molecule has 6 heteroatoms. The summed E-state index contributed by atoms with van der Waals surface area (Å²) in [7, 11) is 0. The molecule has 0 bridgehead atoms. The van der Waals surface area contributed by atoms with Crippen molar-refractivity contribution in [2.24, 2.45) is 0 Å². The SMILES string of the molecule is O=C(O)N1CC=C(c2cccc([N+](=O)[O-])c2)CC1. The van der Waals surface area contributed by atoms with Crippen molar-refractivity contribution in [1.82, 2.24) is 4.90 Å². The van der Waals surface area contributed by atoms with Crippen LogP contribution >= 0.6 is 0 Å². The topological polar surface area (TPSA) is 83.7 Å². The molecule has 0 radical (unpaired) electrons. The average molecular weight is 248 g/mol. The van der Waals surface area contributed by atoms with E-state index in [9.17, 15) is 14.9 Å². The highest BCUT2D eigenvalue weighted by molar-refractivity contribution is 5.72. The Labute approximate surface area is 103 Å². The molecule has 0 aromatic heterocycles. The van der Waals surface area contributed by atoms with E-state index in [-0.39, 0.29) is 5.69 Å². The molecule has 1 amide bonds. The van der Waals surface area contributed by atoms with E-state index in [1.807, 2.05) is 0 Å². The van der Waals surface area contributed by atoms with Gasteiger partial charge in [-0.05, 0) is 17.6 Å². The van der Waals surface area contributed by atoms with Gasteiger partial charge in [-0.1, -0.05) is 18.2 Å². The molecular weight excluding hydrogens is 236 g/mol. The van der Waals surface area contributed by atoms with Crippen LogP contribution in [0.2, 0.25) is 0 Å². The van der Waals surface area contributed by atoms with Gasteiger partial charge in [-0.15, -0.1) is 0 Å². The van der Waals surface area contributed by atoms with Gasteiger partial charge in [0.05, 0.1) is 4.92 Å². The van der Waals surface area contributed by atoms with E-state index >= 15 is 0 Å². The molecule has 1 N–H and O–H groups in total. The number of hydrogen-bond donors (Lipinski definition) is 1. The summed E-state index contributed by atoms with van der Waals surface area (Å²) in [5.74, 6) is 0. The maximum atomic E-state index is 10.7. The minimum absolute atomic E-state index is 0.0501. The molecule has 1 aromatic carbocycles. The van der Waals surface area contributed by atoms with Crippen LogP contribution in [0.3, 0.4) is 0 Å². The van der Waals surface area contributed by atoms with E-state index in [0.29, 0.717) is 19.5 Å². The molecule has 1 aromatic rings. The molecule has 94 valence electrons. The van der Waals surface area contributed by atoms with Crippen LogP contribution < -0.4 is 0 Å². The number of non-ortho nitro benzene ring substituents is 1. The number of carbonyl (C=O) groups is 1. The molecule has 0 atom stereocenters. The summed E-state index contributed by atoms with van der Waals surface area (Å²) >= 11 is 0. The number of hydrogen-bond acceptors (Lipinski definition) is 3. The normalized spacial score (nSPS) is 15.1. The maximum Gasteiger partial charge on any atom is 0.407 e. The molecular formula is C12H12N2O4.